The number of aromatic nitrogens is 2. The molecular weight excluding hydrogens is 308 g/mol. The Hall–Kier alpha value is -1.10. The van der Waals surface area contributed by atoms with Crippen LogP contribution < -0.4 is 0 Å². The van der Waals surface area contributed by atoms with Gasteiger partial charge >= 0.3 is 0 Å². The summed E-state index contributed by atoms with van der Waals surface area (Å²) in [5.74, 6) is 0. The molecule has 0 aliphatic rings. The van der Waals surface area contributed by atoms with Crippen LogP contribution >= 0.6 is 35.2 Å². The zero-order chi connectivity index (χ0) is 14.4. The van der Waals surface area contributed by atoms with Crippen molar-refractivity contribution in [3.05, 3.63) is 49.4 Å². The summed E-state index contributed by atoms with van der Waals surface area (Å²) in [4.78, 5) is 5.89. The van der Waals surface area contributed by atoms with Crippen molar-refractivity contribution in [1.29, 1.82) is 0 Å². The first-order valence-corrected chi connectivity index (χ1v) is 8.05. The van der Waals surface area contributed by atoms with Gasteiger partial charge in [-0.15, -0.1) is 11.3 Å². The third-order valence-electron chi connectivity index (χ3n) is 3.62. The lowest BCUT2D eigenvalue weighted by Gasteiger charge is -2.14. The molecule has 2 nitrogen and oxygen atoms in total. The molecular formula is C15H15ClN2S2. The van der Waals surface area contributed by atoms with Gasteiger partial charge < -0.3 is 9.55 Å². The maximum Gasteiger partial charge on any atom is 0.178 e. The Morgan fingerprint density at radius 3 is 2.75 bits per heavy atom. The fourth-order valence-corrected chi connectivity index (χ4v) is 4.29. The summed E-state index contributed by atoms with van der Waals surface area (Å²) in [6, 6.07) is 8.33. The summed E-state index contributed by atoms with van der Waals surface area (Å²) < 4.78 is 2.86. The van der Waals surface area contributed by atoms with E-state index in [-0.39, 0.29) is 6.04 Å². The van der Waals surface area contributed by atoms with Crippen LogP contribution in [0.1, 0.15) is 28.3 Å². The van der Waals surface area contributed by atoms with Crippen molar-refractivity contribution in [1.82, 2.24) is 9.55 Å². The summed E-state index contributed by atoms with van der Waals surface area (Å²) in [5, 5.41) is 0.706. The zero-order valence-corrected chi connectivity index (χ0v) is 13.9. The molecule has 2 aromatic heterocycles. The minimum Gasteiger partial charge on any atom is -0.329 e. The van der Waals surface area contributed by atoms with Crippen LogP contribution in [0.15, 0.2) is 24.3 Å². The van der Waals surface area contributed by atoms with Gasteiger partial charge in [0.05, 0.1) is 22.1 Å². The molecule has 0 radical (unpaired) electrons. The maximum absolute atomic E-state index is 6.24. The molecule has 104 valence electrons. The summed E-state index contributed by atoms with van der Waals surface area (Å²) in [7, 11) is 0. The molecule has 0 amide bonds. The lowest BCUT2D eigenvalue weighted by atomic mass is 10.1. The van der Waals surface area contributed by atoms with Crippen molar-refractivity contribution in [2.45, 2.75) is 26.8 Å². The number of aryl methyl sites for hydroxylation is 2. The van der Waals surface area contributed by atoms with Crippen molar-refractivity contribution < 1.29 is 0 Å². The zero-order valence-electron chi connectivity index (χ0n) is 11.5. The highest BCUT2D eigenvalue weighted by Gasteiger charge is 2.17. The molecule has 0 bridgehead atoms. The number of nitrogens with one attached hydrogen (secondary N) is 1. The topological polar surface area (TPSA) is 20.7 Å². The van der Waals surface area contributed by atoms with Gasteiger partial charge in [-0.25, -0.2) is 0 Å². The summed E-state index contributed by atoms with van der Waals surface area (Å²) in [5.41, 5.74) is 3.29. The maximum atomic E-state index is 6.24. The largest absolute Gasteiger partial charge is 0.329 e. The second kappa shape index (κ2) is 5.02. The lowest BCUT2D eigenvalue weighted by Crippen LogP contribution is -2.06. The molecule has 20 heavy (non-hydrogen) atoms. The third kappa shape index (κ3) is 2.12. The monoisotopic (exact) mass is 322 g/mol. The number of H-pyrrole nitrogens is 1. The minimum absolute atomic E-state index is 0.194. The number of para-hydroxylation sites is 1. The second-order valence-corrected chi connectivity index (χ2v) is 7.23. The average molecular weight is 323 g/mol. The first kappa shape index (κ1) is 13.9. The van der Waals surface area contributed by atoms with E-state index in [1.165, 1.54) is 15.3 Å². The molecule has 5 heteroatoms. The molecule has 1 atom stereocenters. The Morgan fingerprint density at radius 2 is 2.10 bits per heavy atom. The van der Waals surface area contributed by atoms with Crippen molar-refractivity contribution in [3.63, 3.8) is 0 Å². The normalized spacial score (nSPS) is 13.0. The number of imidazole rings is 1. The number of nitrogens with zero attached hydrogens (tertiary/aromatic N) is 1. The van der Waals surface area contributed by atoms with E-state index in [4.69, 9.17) is 23.8 Å². The Morgan fingerprint density at radius 1 is 1.35 bits per heavy atom. The Kier molecular flexibility index (Phi) is 3.48. The van der Waals surface area contributed by atoms with Crippen LogP contribution in [-0.4, -0.2) is 9.55 Å². The van der Waals surface area contributed by atoms with E-state index in [1.807, 2.05) is 23.5 Å². The molecule has 1 N–H and O–H groups in total. The van der Waals surface area contributed by atoms with E-state index in [1.54, 1.807) is 0 Å². The third-order valence-corrected chi connectivity index (χ3v) is 5.21. The highest BCUT2D eigenvalue weighted by molar-refractivity contribution is 7.71. The van der Waals surface area contributed by atoms with E-state index >= 15 is 0 Å². The fourth-order valence-electron chi connectivity index (χ4n) is 2.70. The molecule has 0 spiro atoms. The van der Waals surface area contributed by atoms with Gasteiger partial charge in [-0.1, -0.05) is 17.7 Å². The number of rotatable bonds is 2. The van der Waals surface area contributed by atoms with E-state index in [0.29, 0.717) is 9.79 Å². The average Bonchev–Trinajstić information content (AvgIpc) is 2.89. The van der Waals surface area contributed by atoms with Crippen LogP contribution in [0.4, 0.5) is 0 Å². The second-order valence-electron chi connectivity index (χ2n) is 4.98. The molecule has 3 aromatic rings. The van der Waals surface area contributed by atoms with Gasteiger partial charge in [0, 0.05) is 9.75 Å². The number of halogens is 1. The van der Waals surface area contributed by atoms with Crippen molar-refractivity contribution in [2.24, 2.45) is 0 Å². The van der Waals surface area contributed by atoms with E-state index in [2.05, 4.69) is 42.5 Å². The Bertz CT molecular complexity index is 841. The van der Waals surface area contributed by atoms with Crippen LogP contribution in [0, 0.1) is 18.6 Å². The van der Waals surface area contributed by atoms with Crippen LogP contribution in [0.2, 0.25) is 5.02 Å². The first-order valence-electron chi connectivity index (χ1n) is 6.44. The summed E-state index contributed by atoms with van der Waals surface area (Å²) in [6.07, 6.45) is 0. The van der Waals surface area contributed by atoms with Gasteiger partial charge in [-0.3, -0.25) is 0 Å². The Labute approximate surface area is 132 Å². The molecule has 3 rings (SSSR count). The summed E-state index contributed by atoms with van der Waals surface area (Å²) >= 11 is 13.6. The van der Waals surface area contributed by atoms with Crippen molar-refractivity contribution in [2.75, 3.05) is 0 Å². The van der Waals surface area contributed by atoms with E-state index in [9.17, 15) is 0 Å². The van der Waals surface area contributed by atoms with Gasteiger partial charge in [0.15, 0.2) is 4.77 Å². The quantitative estimate of drug-likeness (QED) is 0.605. The highest BCUT2D eigenvalue weighted by atomic mass is 35.5. The predicted octanol–water partition coefficient (Wildman–Crippen LogP) is 5.64. The number of fused-ring (bicyclic) bond motifs is 1. The Balaban J connectivity index is 2.24. The van der Waals surface area contributed by atoms with E-state index in [0.717, 1.165) is 11.0 Å². The molecule has 1 aromatic carbocycles. The van der Waals surface area contributed by atoms with Gasteiger partial charge in [-0.2, -0.15) is 0 Å². The molecule has 0 saturated heterocycles. The molecule has 0 saturated carbocycles. The molecule has 2 heterocycles. The van der Waals surface area contributed by atoms with Crippen molar-refractivity contribution >= 4 is 46.2 Å². The minimum atomic E-state index is 0.194. The van der Waals surface area contributed by atoms with E-state index < -0.39 is 0 Å². The van der Waals surface area contributed by atoms with Crippen LogP contribution in [-0.2, 0) is 0 Å². The SMILES string of the molecule is Cc1cc(C(C)n2c(=S)[nH]c3c(Cl)cccc32)c(C)s1. The fraction of sp³-hybridized carbons (Fsp3) is 0.267. The van der Waals surface area contributed by atoms with Crippen molar-refractivity contribution in [3.8, 4) is 0 Å². The molecule has 0 aliphatic heterocycles. The van der Waals surface area contributed by atoms with Crippen LogP contribution in [0.5, 0.6) is 0 Å². The number of thiophene rings is 1. The first-order chi connectivity index (χ1) is 9.49. The van der Waals surface area contributed by atoms with Gasteiger partial charge in [0.1, 0.15) is 0 Å². The van der Waals surface area contributed by atoms with Gasteiger partial charge in [0.2, 0.25) is 0 Å². The summed E-state index contributed by atoms with van der Waals surface area (Å²) in [6.45, 7) is 6.48. The van der Waals surface area contributed by atoms with Gasteiger partial charge in [0.25, 0.3) is 0 Å². The highest BCUT2D eigenvalue weighted by Crippen LogP contribution is 2.32. The number of hydrogen-bond donors (Lipinski definition) is 1. The predicted molar refractivity (Wildman–Crippen MR) is 89.7 cm³/mol. The van der Waals surface area contributed by atoms with Crippen LogP contribution in [0.25, 0.3) is 11.0 Å². The van der Waals surface area contributed by atoms with Crippen LogP contribution in [0.3, 0.4) is 0 Å². The standard InChI is InChI=1S/C15H15ClN2S2/c1-8-7-11(10(3)20-8)9(2)18-13-6-4-5-12(16)14(13)17-15(18)19/h4-7,9H,1-3H3,(H,17,19). The number of aromatic amines is 1. The van der Waals surface area contributed by atoms with Gasteiger partial charge in [-0.05, 0) is 56.8 Å². The number of benzene rings is 1. The number of hydrogen-bond acceptors (Lipinski definition) is 2. The smallest absolute Gasteiger partial charge is 0.178 e. The molecule has 0 fully saturated rings. The molecule has 1 unspecified atom stereocenters. The molecule has 0 aliphatic carbocycles. The lowest BCUT2D eigenvalue weighted by molar-refractivity contribution is 0.648.